The molecule has 1 amide bonds. The van der Waals surface area contributed by atoms with Gasteiger partial charge >= 0.3 is 0 Å². The second-order valence-corrected chi connectivity index (χ2v) is 4.70. The SMILES string of the molecule is CNCC(C)C(=O)Nc1cc(-n2cnnn2)ccc1C. The summed E-state index contributed by atoms with van der Waals surface area (Å²) < 4.78 is 1.55. The van der Waals surface area contributed by atoms with Crippen LogP contribution in [0.15, 0.2) is 24.5 Å². The van der Waals surface area contributed by atoms with Gasteiger partial charge < -0.3 is 10.6 Å². The predicted octanol–water partition coefficient (Wildman–Crippen LogP) is 0.765. The maximum atomic E-state index is 12.1. The van der Waals surface area contributed by atoms with Crippen molar-refractivity contribution in [2.75, 3.05) is 18.9 Å². The lowest BCUT2D eigenvalue weighted by Crippen LogP contribution is -2.28. The highest BCUT2D eigenvalue weighted by Crippen LogP contribution is 2.19. The fourth-order valence-electron chi connectivity index (χ4n) is 1.82. The first-order chi connectivity index (χ1) is 9.61. The third-order valence-electron chi connectivity index (χ3n) is 3.05. The monoisotopic (exact) mass is 274 g/mol. The summed E-state index contributed by atoms with van der Waals surface area (Å²) in [6, 6.07) is 5.68. The van der Waals surface area contributed by atoms with Crippen LogP contribution in [-0.2, 0) is 4.79 Å². The fourth-order valence-corrected chi connectivity index (χ4v) is 1.82. The first kappa shape index (κ1) is 14.1. The van der Waals surface area contributed by atoms with E-state index in [1.807, 2.05) is 39.1 Å². The zero-order valence-electron chi connectivity index (χ0n) is 11.8. The standard InChI is InChI=1S/C13H18N6O/c1-9-4-5-11(19-8-15-17-18-19)6-12(9)16-13(20)10(2)7-14-3/h4-6,8,10,14H,7H2,1-3H3,(H,16,20). The zero-order valence-corrected chi connectivity index (χ0v) is 11.8. The van der Waals surface area contributed by atoms with Crippen LogP contribution >= 0.6 is 0 Å². The molecule has 1 aromatic carbocycles. The van der Waals surface area contributed by atoms with E-state index in [4.69, 9.17) is 0 Å². The number of amides is 1. The molecule has 2 rings (SSSR count). The molecule has 1 unspecified atom stereocenters. The van der Waals surface area contributed by atoms with Crippen LogP contribution in [0.4, 0.5) is 5.69 Å². The molecule has 106 valence electrons. The molecule has 0 fully saturated rings. The molecule has 0 saturated carbocycles. The quantitative estimate of drug-likeness (QED) is 0.841. The van der Waals surface area contributed by atoms with Gasteiger partial charge in [-0.25, -0.2) is 4.68 Å². The van der Waals surface area contributed by atoms with Gasteiger partial charge in [0.2, 0.25) is 5.91 Å². The van der Waals surface area contributed by atoms with Gasteiger partial charge in [0.1, 0.15) is 6.33 Å². The summed E-state index contributed by atoms with van der Waals surface area (Å²) in [4.78, 5) is 12.1. The average Bonchev–Trinajstić information content (AvgIpc) is 2.95. The summed E-state index contributed by atoms with van der Waals surface area (Å²) in [7, 11) is 1.83. The van der Waals surface area contributed by atoms with Gasteiger partial charge in [0.25, 0.3) is 0 Å². The summed E-state index contributed by atoms with van der Waals surface area (Å²) in [6.45, 7) is 4.46. The summed E-state index contributed by atoms with van der Waals surface area (Å²) >= 11 is 0. The number of nitrogens with one attached hydrogen (secondary N) is 2. The van der Waals surface area contributed by atoms with E-state index in [0.29, 0.717) is 6.54 Å². The smallest absolute Gasteiger partial charge is 0.228 e. The molecule has 0 spiro atoms. The normalized spacial score (nSPS) is 12.2. The van der Waals surface area contributed by atoms with E-state index >= 15 is 0 Å². The topological polar surface area (TPSA) is 84.7 Å². The molecule has 0 radical (unpaired) electrons. The molecule has 0 aliphatic heterocycles. The molecule has 20 heavy (non-hydrogen) atoms. The van der Waals surface area contributed by atoms with Crippen LogP contribution in [0.5, 0.6) is 0 Å². The van der Waals surface area contributed by atoms with Crippen LogP contribution in [0.25, 0.3) is 5.69 Å². The highest BCUT2D eigenvalue weighted by Gasteiger charge is 2.13. The Morgan fingerprint density at radius 1 is 1.45 bits per heavy atom. The fraction of sp³-hybridized carbons (Fsp3) is 0.385. The Kier molecular flexibility index (Phi) is 4.41. The number of aryl methyl sites for hydroxylation is 1. The van der Waals surface area contributed by atoms with E-state index in [9.17, 15) is 4.79 Å². The van der Waals surface area contributed by atoms with E-state index in [1.165, 1.54) is 6.33 Å². The molecular formula is C13H18N6O. The first-order valence-electron chi connectivity index (χ1n) is 6.41. The number of rotatable bonds is 5. The number of carbonyl (C=O) groups excluding carboxylic acids is 1. The van der Waals surface area contributed by atoms with Gasteiger partial charge in [-0.2, -0.15) is 0 Å². The van der Waals surface area contributed by atoms with Crippen molar-refractivity contribution in [1.29, 1.82) is 0 Å². The summed E-state index contributed by atoms with van der Waals surface area (Å²) in [6.07, 6.45) is 1.51. The molecule has 7 heteroatoms. The van der Waals surface area contributed by atoms with E-state index in [-0.39, 0.29) is 11.8 Å². The van der Waals surface area contributed by atoms with Crippen LogP contribution in [0, 0.1) is 12.8 Å². The van der Waals surface area contributed by atoms with Crippen molar-refractivity contribution in [3.63, 3.8) is 0 Å². The van der Waals surface area contributed by atoms with Crippen molar-refractivity contribution < 1.29 is 4.79 Å². The number of hydrogen-bond acceptors (Lipinski definition) is 5. The molecule has 0 aliphatic carbocycles. The zero-order chi connectivity index (χ0) is 14.5. The Hall–Kier alpha value is -2.28. The summed E-state index contributed by atoms with van der Waals surface area (Å²) in [5.74, 6) is -0.118. The van der Waals surface area contributed by atoms with Crippen molar-refractivity contribution in [3.05, 3.63) is 30.1 Å². The lowest BCUT2D eigenvalue weighted by atomic mass is 10.1. The number of tetrazole rings is 1. The molecule has 1 atom stereocenters. The van der Waals surface area contributed by atoms with Gasteiger partial charge in [0.15, 0.2) is 0 Å². The number of benzene rings is 1. The minimum atomic E-state index is -0.101. The minimum Gasteiger partial charge on any atom is -0.325 e. The summed E-state index contributed by atoms with van der Waals surface area (Å²) in [5, 5.41) is 17.0. The highest BCUT2D eigenvalue weighted by molar-refractivity contribution is 5.93. The Morgan fingerprint density at radius 2 is 2.25 bits per heavy atom. The van der Waals surface area contributed by atoms with Crippen molar-refractivity contribution in [1.82, 2.24) is 25.5 Å². The van der Waals surface area contributed by atoms with Crippen molar-refractivity contribution >= 4 is 11.6 Å². The second-order valence-electron chi connectivity index (χ2n) is 4.70. The van der Waals surface area contributed by atoms with E-state index in [2.05, 4.69) is 26.2 Å². The van der Waals surface area contributed by atoms with E-state index < -0.39 is 0 Å². The molecular weight excluding hydrogens is 256 g/mol. The number of anilines is 1. The lowest BCUT2D eigenvalue weighted by molar-refractivity contribution is -0.119. The second kappa shape index (κ2) is 6.25. The average molecular weight is 274 g/mol. The Bertz CT molecular complexity index is 581. The van der Waals surface area contributed by atoms with Gasteiger partial charge in [0, 0.05) is 18.2 Å². The van der Waals surface area contributed by atoms with Gasteiger partial charge in [-0.15, -0.1) is 5.10 Å². The molecule has 2 aromatic rings. The molecule has 0 aliphatic rings. The summed E-state index contributed by atoms with van der Waals surface area (Å²) in [5.41, 5.74) is 2.56. The Labute approximate surface area is 117 Å². The van der Waals surface area contributed by atoms with Crippen LogP contribution < -0.4 is 10.6 Å². The predicted molar refractivity (Wildman–Crippen MR) is 75.6 cm³/mol. The van der Waals surface area contributed by atoms with Gasteiger partial charge in [-0.3, -0.25) is 4.79 Å². The highest BCUT2D eigenvalue weighted by atomic mass is 16.1. The molecule has 0 saturated heterocycles. The third-order valence-corrected chi connectivity index (χ3v) is 3.05. The lowest BCUT2D eigenvalue weighted by Gasteiger charge is -2.14. The van der Waals surface area contributed by atoms with Gasteiger partial charge in [0.05, 0.1) is 5.69 Å². The van der Waals surface area contributed by atoms with E-state index in [1.54, 1.807) is 4.68 Å². The first-order valence-corrected chi connectivity index (χ1v) is 6.41. The molecule has 0 bridgehead atoms. The third kappa shape index (κ3) is 3.18. The number of aromatic nitrogens is 4. The maximum absolute atomic E-state index is 12.1. The molecule has 1 heterocycles. The van der Waals surface area contributed by atoms with Crippen molar-refractivity contribution in [2.24, 2.45) is 5.92 Å². The minimum absolute atomic E-state index is 0.0173. The van der Waals surface area contributed by atoms with Crippen LogP contribution in [0.3, 0.4) is 0 Å². The van der Waals surface area contributed by atoms with Gasteiger partial charge in [-0.05, 0) is 42.1 Å². The van der Waals surface area contributed by atoms with Crippen LogP contribution in [-0.4, -0.2) is 39.7 Å². The number of carbonyl (C=O) groups is 1. The molecule has 2 N–H and O–H groups in total. The largest absolute Gasteiger partial charge is 0.325 e. The van der Waals surface area contributed by atoms with E-state index in [0.717, 1.165) is 16.9 Å². The van der Waals surface area contributed by atoms with Crippen LogP contribution in [0.2, 0.25) is 0 Å². The van der Waals surface area contributed by atoms with Crippen molar-refractivity contribution in [3.8, 4) is 5.69 Å². The number of hydrogen-bond donors (Lipinski definition) is 2. The maximum Gasteiger partial charge on any atom is 0.228 e. The Balaban J connectivity index is 2.19. The molecule has 1 aromatic heterocycles. The number of nitrogens with zero attached hydrogens (tertiary/aromatic N) is 4. The van der Waals surface area contributed by atoms with Gasteiger partial charge in [-0.1, -0.05) is 13.0 Å². The Morgan fingerprint density at radius 3 is 2.90 bits per heavy atom. The molecule has 7 nitrogen and oxygen atoms in total. The van der Waals surface area contributed by atoms with Crippen LogP contribution in [0.1, 0.15) is 12.5 Å². The van der Waals surface area contributed by atoms with Crippen molar-refractivity contribution in [2.45, 2.75) is 13.8 Å².